The second-order valence-corrected chi connectivity index (χ2v) is 6.80. The maximum Gasteiger partial charge on any atom is 0.287 e. The van der Waals surface area contributed by atoms with Gasteiger partial charge in [0.05, 0.1) is 13.1 Å². The highest BCUT2D eigenvalue weighted by atomic mass is 35.5. The number of quaternary nitrogens is 1. The monoisotopic (exact) mass is 378 g/mol. The van der Waals surface area contributed by atoms with Gasteiger partial charge in [0, 0.05) is 21.3 Å². The average molecular weight is 379 g/mol. The van der Waals surface area contributed by atoms with Crippen LogP contribution in [-0.2, 0) is 9.59 Å². The molecule has 1 aliphatic heterocycles. The van der Waals surface area contributed by atoms with Crippen molar-refractivity contribution in [1.82, 2.24) is 5.32 Å². The SMILES string of the molecule is O=C1C[NH+]([C@@H](C(=O)Nc2cc(Cl)cc(Cl)c2)c2ccccc2)CCN1. The highest BCUT2D eigenvalue weighted by molar-refractivity contribution is 6.35. The lowest BCUT2D eigenvalue weighted by Crippen LogP contribution is -3.16. The van der Waals surface area contributed by atoms with Gasteiger partial charge in [0.1, 0.15) is 0 Å². The second-order valence-electron chi connectivity index (χ2n) is 5.93. The molecule has 5 nitrogen and oxygen atoms in total. The van der Waals surface area contributed by atoms with Gasteiger partial charge < -0.3 is 15.5 Å². The molecule has 1 aliphatic rings. The van der Waals surface area contributed by atoms with E-state index in [0.717, 1.165) is 10.5 Å². The molecule has 0 saturated carbocycles. The molecule has 7 heteroatoms. The van der Waals surface area contributed by atoms with Gasteiger partial charge in [-0.3, -0.25) is 9.59 Å². The van der Waals surface area contributed by atoms with Crippen LogP contribution in [0.2, 0.25) is 10.0 Å². The smallest absolute Gasteiger partial charge is 0.287 e. The number of anilines is 1. The number of nitrogens with one attached hydrogen (secondary N) is 3. The third-order valence-corrected chi connectivity index (χ3v) is 4.53. The molecule has 2 atom stereocenters. The van der Waals surface area contributed by atoms with Gasteiger partial charge >= 0.3 is 0 Å². The summed E-state index contributed by atoms with van der Waals surface area (Å²) in [6.45, 7) is 1.48. The Hall–Kier alpha value is -2.08. The third kappa shape index (κ3) is 4.51. The molecular formula is C18H18Cl2N3O2+. The summed E-state index contributed by atoms with van der Waals surface area (Å²) in [5.74, 6) is -0.255. The van der Waals surface area contributed by atoms with Crippen LogP contribution in [0.15, 0.2) is 48.5 Å². The Morgan fingerprint density at radius 1 is 1.12 bits per heavy atom. The summed E-state index contributed by atoms with van der Waals surface area (Å²) < 4.78 is 0. The Morgan fingerprint density at radius 2 is 1.80 bits per heavy atom. The van der Waals surface area contributed by atoms with Crippen molar-refractivity contribution in [2.45, 2.75) is 6.04 Å². The molecule has 0 radical (unpaired) electrons. The topological polar surface area (TPSA) is 62.6 Å². The highest BCUT2D eigenvalue weighted by Gasteiger charge is 2.34. The van der Waals surface area contributed by atoms with Crippen molar-refractivity contribution in [3.63, 3.8) is 0 Å². The van der Waals surface area contributed by atoms with Crippen LogP contribution in [-0.4, -0.2) is 31.4 Å². The predicted molar refractivity (Wildman–Crippen MR) is 98.0 cm³/mol. The molecule has 0 aliphatic carbocycles. The van der Waals surface area contributed by atoms with E-state index in [4.69, 9.17) is 23.2 Å². The largest absolute Gasteiger partial charge is 0.346 e. The highest BCUT2D eigenvalue weighted by Crippen LogP contribution is 2.23. The fourth-order valence-electron chi connectivity index (χ4n) is 3.02. The molecule has 1 saturated heterocycles. The van der Waals surface area contributed by atoms with Gasteiger partial charge in [-0.15, -0.1) is 0 Å². The lowest BCUT2D eigenvalue weighted by Gasteiger charge is -2.30. The molecule has 3 N–H and O–H groups in total. The summed E-state index contributed by atoms with van der Waals surface area (Å²) in [5.41, 5.74) is 1.39. The van der Waals surface area contributed by atoms with Gasteiger partial charge in [-0.05, 0) is 18.2 Å². The average Bonchev–Trinajstić information content (AvgIpc) is 2.55. The predicted octanol–water partition coefficient (Wildman–Crippen LogP) is 1.69. The van der Waals surface area contributed by atoms with Crippen molar-refractivity contribution in [3.8, 4) is 0 Å². The minimum Gasteiger partial charge on any atom is -0.346 e. The van der Waals surface area contributed by atoms with Crippen molar-refractivity contribution < 1.29 is 14.5 Å². The molecule has 0 aromatic heterocycles. The van der Waals surface area contributed by atoms with Crippen LogP contribution in [0, 0.1) is 0 Å². The van der Waals surface area contributed by atoms with Crippen LogP contribution in [0.25, 0.3) is 0 Å². The first-order valence-electron chi connectivity index (χ1n) is 7.96. The molecule has 130 valence electrons. The number of amides is 2. The number of hydrogen-bond acceptors (Lipinski definition) is 2. The summed E-state index contributed by atoms with van der Waals surface area (Å²) in [5, 5.41) is 6.57. The molecular weight excluding hydrogens is 361 g/mol. The Bertz CT molecular complexity index is 763. The second kappa shape index (κ2) is 7.87. The molecule has 0 spiro atoms. The van der Waals surface area contributed by atoms with Crippen LogP contribution in [0.4, 0.5) is 5.69 Å². The molecule has 3 rings (SSSR count). The van der Waals surface area contributed by atoms with Crippen molar-refractivity contribution in [2.75, 3.05) is 25.0 Å². The molecule has 2 aromatic carbocycles. The van der Waals surface area contributed by atoms with E-state index >= 15 is 0 Å². The van der Waals surface area contributed by atoms with Crippen LogP contribution >= 0.6 is 23.2 Å². The Labute approximate surface area is 155 Å². The standard InChI is InChI=1S/C18H17Cl2N3O2/c19-13-8-14(20)10-15(9-13)22-18(25)17(12-4-2-1-3-5-12)23-7-6-21-16(24)11-23/h1-5,8-10,17H,6-7,11H2,(H,21,24)(H,22,25)/p+1/t17-/m1/s1. The Kier molecular flexibility index (Phi) is 5.58. The quantitative estimate of drug-likeness (QED) is 0.757. The first kappa shape index (κ1) is 17.7. The Balaban J connectivity index is 1.88. The van der Waals surface area contributed by atoms with E-state index in [9.17, 15) is 9.59 Å². The lowest BCUT2D eigenvalue weighted by molar-refractivity contribution is -0.915. The van der Waals surface area contributed by atoms with E-state index in [2.05, 4.69) is 10.6 Å². The summed E-state index contributed by atoms with van der Waals surface area (Å²) in [4.78, 5) is 25.7. The van der Waals surface area contributed by atoms with Crippen LogP contribution < -0.4 is 15.5 Å². The molecule has 1 heterocycles. The maximum absolute atomic E-state index is 13.0. The Morgan fingerprint density at radius 3 is 2.44 bits per heavy atom. The zero-order valence-electron chi connectivity index (χ0n) is 13.4. The van der Waals surface area contributed by atoms with Gasteiger partial charge in [-0.25, -0.2) is 0 Å². The molecule has 2 amide bonds. The van der Waals surface area contributed by atoms with Gasteiger partial charge in [-0.1, -0.05) is 53.5 Å². The summed E-state index contributed by atoms with van der Waals surface area (Å²) in [7, 11) is 0. The number of carbonyl (C=O) groups is 2. The van der Waals surface area contributed by atoms with Gasteiger partial charge in [-0.2, -0.15) is 0 Å². The first-order chi connectivity index (χ1) is 12.0. The number of rotatable bonds is 4. The van der Waals surface area contributed by atoms with Crippen molar-refractivity contribution in [3.05, 3.63) is 64.1 Å². The number of hydrogen-bond donors (Lipinski definition) is 3. The van der Waals surface area contributed by atoms with Crippen LogP contribution in [0.3, 0.4) is 0 Å². The number of carbonyl (C=O) groups excluding carboxylic acids is 2. The van der Waals surface area contributed by atoms with Crippen molar-refractivity contribution in [1.29, 1.82) is 0 Å². The molecule has 2 aromatic rings. The van der Waals surface area contributed by atoms with E-state index in [-0.39, 0.29) is 18.4 Å². The number of benzene rings is 2. The lowest BCUT2D eigenvalue weighted by atomic mass is 10.0. The molecule has 1 fully saturated rings. The minimum absolute atomic E-state index is 0.0548. The first-order valence-corrected chi connectivity index (χ1v) is 8.72. The van der Waals surface area contributed by atoms with E-state index in [0.29, 0.717) is 28.8 Å². The summed E-state index contributed by atoms with van der Waals surface area (Å²) >= 11 is 12.0. The van der Waals surface area contributed by atoms with E-state index in [1.165, 1.54) is 0 Å². The zero-order chi connectivity index (χ0) is 17.8. The maximum atomic E-state index is 13.0. The molecule has 25 heavy (non-hydrogen) atoms. The molecule has 1 unspecified atom stereocenters. The van der Waals surface area contributed by atoms with Crippen LogP contribution in [0.1, 0.15) is 11.6 Å². The van der Waals surface area contributed by atoms with Crippen molar-refractivity contribution in [2.24, 2.45) is 0 Å². The van der Waals surface area contributed by atoms with Gasteiger partial charge in [0.25, 0.3) is 11.8 Å². The normalized spacial score (nSPS) is 18.3. The fraction of sp³-hybridized carbons (Fsp3) is 0.222. The summed E-state index contributed by atoms with van der Waals surface area (Å²) in [6.07, 6.45) is 0. The van der Waals surface area contributed by atoms with E-state index < -0.39 is 6.04 Å². The van der Waals surface area contributed by atoms with E-state index in [1.807, 2.05) is 30.3 Å². The number of halogens is 2. The van der Waals surface area contributed by atoms with Gasteiger partial charge in [0.2, 0.25) is 0 Å². The summed E-state index contributed by atoms with van der Waals surface area (Å²) in [6, 6.07) is 13.9. The fourth-order valence-corrected chi connectivity index (χ4v) is 3.55. The van der Waals surface area contributed by atoms with Crippen LogP contribution in [0.5, 0.6) is 0 Å². The number of piperazine rings is 1. The molecule has 0 bridgehead atoms. The van der Waals surface area contributed by atoms with E-state index in [1.54, 1.807) is 18.2 Å². The third-order valence-electron chi connectivity index (χ3n) is 4.09. The minimum atomic E-state index is -0.495. The zero-order valence-corrected chi connectivity index (χ0v) is 14.9. The van der Waals surface area contributed by atoms with Gasteiger partial charge in [0.15, 0.2) is 12.6 Å². The van der Waals surface area contributed by atoms with Crippen molar-refractivity contribution >= 4 is 40.7 Å².